The largest absolute Gasteiger partial charge is 0.383 e. The molecule has 2 aromatic rings. The van der Waals surface area contributed by atoms with Crippen molar-refractivity contribution >= 4 is 11.6 Å². The van der Waals surface area contributed by atoms with Crippen LogP contribution in [0, 0.1) is 25.2 Å². The summed E-state index contributed by atoms with van der Waals surface area (Å²) in [5, 5.41) is 15.3. The molecule has 0 radical (unpaired) electrons. The van der Waals surface area contributed by atoms with E-state index in [1.54, 1.807) is 0 Å². The zero-order valence-corrected chi connectivity index (χ0v) is 15.8. The van der Waals surface area contributed by atoms with E-state index < -0.39 is 5.91 Å². The zero-order chi connectivity index (χ0) is 19.1. The van der Waals surface area contributed by atoms with E-state index in [9.17, 15) is 10.1 Å². The van der Waals surface area contributed by atoms with Crippen LogP contribution in [0.3, 0.4) is 0 Å². The molecule has 0 aliphatic heterocycles. The minimum Gasteiger partial charge on any atom is -0.383 e. The van der Waals surface area contributed by atoms with Crippen LogP contribution in [0.25, 0.3) is 0 Å². The predicted molar refractivity (Wildman–Crippen MR) is 106 cm³/mol. The van der Waals surface area contributed by atoms with E-state index >= 15 is 0 Å². The Morgan fingerprint density at radius 2 is 1.88 bits per heavy atom. The third-order valence-electron chi connectivity index (χ3n) is 4.58. The van der Waals surface area contributed by atoms with Crippen molar-refractivity contribution in [2.24, 2.45) is 0 Å². The maximum Gasteiger partial charge on any atom is 0.267 e. The third kappa shape index (κ3) is 4.73. The second kappa shape index (κ2) is 8.87. The first kappa shape index (κ1) is 19.3. The molecule has 0 aliphatic rings. The molecule has 1 amide bonds. The van der Waals surface area contributed by atoms with Gasteiger partial charge in [-0.1, -0.05) is 43.3 Å². The van der Waals surface area contributed by atoms with Crippen molar-refractivity contribution in [2.75, 3.05) is 5.32 Å². The number of carbonyl (C=O) groups is 1. The summed E-state index contributed by atoms with van der Waals surface area (Å²) in [6.07, 6.45) is 2.48. The first-order valence-corrected chi connectivity index (χ1v) is 8.79. The van der Waals surface area contributed by atoms with E-state index in [0.29, 0.717) is 0 Å². The highest BCUT2D eigenvalue weighted by Crippen LogP contribution is 2.19. The Labute approximate surface area is 155 Å². The Bertz CT molecular complexity index is 845. The van der Waals surface area contributed by atoms with Crippen molar-refractivity contribution in [1.29, 1.82) is 5.26 Å². The number of benzene rings is 2. The average Bonchev–Trinajstić information content (AvgIpc) is 2.65. The number of aryl methyl sites for hydroxylation is 2. The number of carbonyl (C=O) groups excluding carboxylic acids is 1. The Morgan fingerprint density at radius 1 is 1.19 bits per heavy atom. The summed E-state index contributed by atoms with van der Waals surface area (Å²) in [4.78, 5) is 12.4. The van der Waals surface area contributed by atoms with Crippen LogP contribution in [-0.2, 0) is 11.2 Å². The Kier molecular flexibility index (Phi) is 6.57. The van der Waals surface area contributed by atoms with Crippen molar-refractivity contribution in [3.8, 4) is 6.07 Å². The van der Waals surface area contributed by atoms with Gasteiger partial charge in [0.25, 0.3) is 5.91 Å². The first-order chi connectivity index (χ1) is 12.5. The summed E-state index contributed by atoms with van der Waals surface area (Å²) >= 11 is 0. The second-order valence-corrected chi connectivity index (χ2v) is 6.35. The smallest absolute Gasteiger partial charge is 0.267 e. The number of amides is 1. The van der Waals surface area contributed by atoms with E-state index in [2.05, 4.69) is 41.8 Å². The van der Waals surface area contributed by atoms with E-state index in [-0.39, 0.29) is 11.6 Å². The van der Waals surface area contributed by atoms with Gasteiger partial charge in [0.1, 0.15) is 11.6 Å². The third-order valence-corrected chi connectivity index (χ3v) is 4.58. The molecule has 0 heterocycles. The van der Waals surface area contributed by atoms with Crippen LogP contribution in [0.5, 0.6) is 0 Å². The first-order valence-electron chi connectivity index (χ1n) is 8.79. The molecule has 0 spiro atoms. The molecule has 2 rings (SSSR count). The predicted octanol–water partition coefficient (Wildman–Crippen LogP) is 4.56. The van der Waals surface area contributed by atoms with Gasteiger partial charge in [-0.3, -0.25) is 4.79 Å². The molecule has 26 heavy (non-hydrogen) atoms. The van der Waals surface area contributed by atoms with Crippen molar-refractivity contribution in [2.45, 2.75) is 40.2 Å². The van der Waals surface area contributed by atoms with Gasteiger partial charge in [-0.05, 0) is 55.5 Å². The fourth-order valence-electron chi connectivity index (χ4n) is 2.57. The molecular formula is C22H25N3O. The van der Waals surface area contributed by atoms with Gasteiger partial charge in [0.2, 0.25) is 0 Å². The van der Waals surface area contributed by atoms with E-state index in [0.717, 1.165) is 28.8 Å². The molecular weight excluding hydrogens is 322 g/mol. The number of hydrogen-bond donors (Lipinski definition) is 2. The number of hydrogen-bond acceptors (Lipinski definition) is 3. The van der Waals surface area contributed by atoms with Crippen LogP contribution in [0.15, 0.2) is 54.2 Å². The highest BCUT2D eigenvalue weighted by molar-refractivity contribution is 6.06. The summed E-state index contributed by atoms with van der Waals surface area (Å²) in [5.74, 6) is -0.415. The van der Waals surface area contributed by atoms with Crippen molar-refractivity contribution in [1.82, 2.24) is 5.32 Å². The minimum atomic E-state index is -0.415. The molecule has 0 fully saturated rings. The minimum absolute atomic E-state index is 0.00207. The quantitative estimate of drug-likeness (QED) is 0.594. The maximum atomic E-state index is 12.4. The molecule has 1 unspecified atom stereocenters. The molecule has 4 heteroatoms. The van der Waals surface area contributed by atoms with Crippen molar-refractivity contribution in [3.63, 3.8) is 0 Å². The summed E-state index contributed by atoms with van der Waals surface area (Å²) in [6.45, 7) is 8.04. The maximum absolute atomic E-state index is 12.4. The standard InChI is InChI=1S/C22H25N3O/c1-5-18-9-11-19(12-10-18)17(4)24-14-20(13-23)22(26)25-21-8-6-7-15(2)16(21)3/h6-12,14,17,24H,5H2,1-4H3,(H,25,26)/b20-14-. The number of nitriles is 1. The van der Waals surface area contributed by atoms with Crippen LogP contribution in [0.2, 0.25) is 0 Å². The summed E-state index contributed by atoms with van der Waals surface area (Å²) in [7, 11) is 0. The van der Waals surface area contributed by atoms with E-state index in [1.165, 1.54) is 11.8 Å². The number of nitrogens with zero attached hydrogens (tertiary/aromatic N) is 1. The van der Waals surface area contributed by atoms with Crippen LogP contribution in [0.1, 0.15) is 42.1 Å². The molecule has 0 saturated carbocycles. The number of nitrogens with one attached hydrogen (secondary N) is 2. The second-order valence-electron chi connectivity index (χ2n) is 6.35. The van der Waals surface area contributed by atoms with Gasteiger partial charge >= 0.3 is 0 Å². The van der Waals surface area contributed by atoms with Crippen molar-refractivity contribution < 1.29 is 4.79 Å². The van der Waals surface area contributed by atoms with Gasteiger partial charge in [-0.15, -0.1) is 0 Å². The fourth-order valence-corrected chi connectivity index (χ4v) is 2.57. The fraction of sp³-hybridized carbons (Fsp3) is 0.273. The van der Waals surface area contributed by atoms with Gasteiger partial charge < -0.3 is 10.6 Å². The summed E-state index contributed by atoms with van der Waals surface area (Å²) < 4.78 is 0. The van der Waals surface area contributed by atoms with E-state index in [4.69, 9.17) is 0 Å². The van der Waals surface area contributed by atoms with Crippen LogP contribution in [-0.4, -0.2) is 5.91 Å². The molecule has 1 atom stereocenters. The molecule has 4 nitrogen and oxygen atoms in total. The zero-order valence-electron chi connectivity index (χ0n) is 15.8. The van der Waals surface area contributed by atoms with Gasteiger partial charge in [-0.2, -0.15) is 5.26 Å². The van der Waals surface area contributed by atoms with Crippen molar-refractivity contribution in [3.05, 3.63) is 76.5 Å². The molecule has 134 valence electrons. The number of rotatable bonds is 6. The normalized spacial score (nSPS) is 12.2. The molecule has 0 aliphatic carbocycles. The lowest BCUT2D eigenvalue weighted by molar-refractivity contribution is -0.112. The highest BCUT2D eigenvalue weighted by atomic mass is 16.1. The summed E-state index contributed by atoms with van der Waals surface area (Å²) in [6, 6.07) is 16.0. The lowest BCUT2D eigenvalue weighted by Gasteiger charge is -2.14. The molecule has 0 saturated heterocycles. The molecule has 2 aromatic carbocycles. The topological polar surface area (TPSA) is 64.9 Å². The monoisotopic (exact) mass is 347 g/mol. The van der Waals surface area contributed by atoms with Gasteiger partial charge in [0.05, 0.1) is 0 Å². The highest BCUT2D eigenvalue weighted by Gasteiger charge is 2.12. The Balaban J connectivity index is 2.07. The van der Waals surface area contributed by atoms with E-state index in [1.807, 2.05) is 45.0 Å². The lowest BCUT2D eigenvalue weighted by Crippen LogP contribution is -2.19. The Hall–Kier alpha value is -3.06. The molecule has 0 bridgehead atoms. The van der Waals surface area contributed by atoms with Gasteiger partial charge in [-0.25, -0.2) is 0 Å². The average molecular weight is 347 g/mol. The summed E-state index contributed by atoms with van der Waals surface area (Å²) in [5.41, 5.74) is 5.23. The van der Waals surface area contributed by atoms with Crippen LogP contribution in [0.4, 0.5) is 5.69 Å². The SMILES string of the molecule is CCc1ccc(C(C)N/C=C(/C#N)C(=O)Nc2cccc(C)c2C)cc1. The Morgan fingerprint density at radius 3 is 2.50 bits per heavy atom. The molecule has 0 aromatic heterocycles. The number of anilines is 1. The molecule has 2 N–H and O–H groups in total. The van der Waals surface area contributed by atoms with Gasteiger partial charge in [0, 0.05) is 17.9 Å². The van der Waals surface area contributed by atoms with Crippen LogP contribution >= 0.6 is 0 Å². The van der Waals surface area contributed by atoms with Gasteiger partial charge in [0.15, 0.2) is 0 Å². The lowest BCUT2D eigenvalue weighted by atomic mass is 10.1. The van der Waals surface area contributed by atoms with Crippen LogP contribution < -0.4 is 10.6 Å².